The van der Waals surface area contributed by atoms with Crippen molar-refractivity contribution in [1.29, 1.82) is 0 Å². The molecule has 0 radical (unpaired) electrons. The van der Waals surface area contributed by atoms with Crippen LogP contribution in [-0.2, 0) is 0 Å². The van der Waals surface area contributed by atoms with E-state index in [9.17, 15) is 4.79 Å². The number of carbonyl (C=O) groups is 1. The Morgan fingerprint density at radius 2 is 1.74 bits per heavy atom. The minimum atomic E-state index is 0.0139. The molecule has 1 aliphatic rings. The molecule has 1 aliphatic heterocycles. The quantitative estimate of drug-likeness (QED) is 0.715. The summed E-state index contributed by atoms with van der Waals surface area (Å²) in [5, 5.41) is 0. The SMILES string of the molecule is O=C(c1ccc(-c2cccnc2)nc1)N1CCC(Oc2cccnc2)CC1. The molecule has 6 heteroatoms. The van der Waals surface area contributed by atoms with Crippen molar-refractivity contribution in [3.8, 4) is 17.0 Å². The smallest absolute Gasteiger partial charge is 0.255 e. The molecule has 6 nitrogen and oxygen atoms in total. The summed E-state index contributed by atoms with van der Waals surface area (Å²) in [6.45, 7) is 1.35. The van der Waals surface area contributed by atoms with Gasteiger partial charge >= 0.3 is 0 Å². The molecule has 0 saturated carbocycles. The molecule has 0 unspecified atom stereocenters. The third kappa shape index (κ3) is 4.11. The van der Waals surface area contributed by atoms with Crippen LogP contribution in [0.5, 0.6) is 5.75 Å². The number of nitrogens with zero attached hydrogens (tertiary/aromatic N) is 4. The average molecular weight is 360 g/mol. The first-order valence-corrected chi connectivity index (χ1v) is 9.02. The Balaban J connectivity index is 1.35. The number of aromatic nitrogens is 3. The van der Waals surface area contributed by atoms with Gasteiger partial charge in [0.15, 0.2) is 0 Å². The number of rotatable bonds is 4. The summed E-state index contributed by atoms with van der Waals surface area (Å²) in [4.78, 5) is 27.2. The van der Waals surface area contributed by atoms with E-state index in [4.69, 9.17) is 4.74 Å². The Kier molecular flexibility index (Phi) is 5.05. The first kappa shape index (κ1) is 17.1. The normalized spacial score (nSPS) is 14.7. The van der Waals surface area contributed by atoms with Crippen LogP contribution in [0.2, 0.25) is 0 Å². The fraction of sp³-hybridized carbons (Fsp3) is 0.238. The van der Waals surface area contributed by atoms with Crippen LogP contribution in [0.25, 0.3) is 11.3 Å². The van der Waals surface area contributed by atoms with E-state index in [-0.39, 0.29) is 12.0 Å². The Labute approximate surface area is 157 Å². The summed E-state index contributed by atoms with van der Waals surface area (Å²) in [6, 6.07) is 11.3. The maximum Gasteiger partial charge on any atom is 0.255 e. The highest BCUT2D eigenvalue weighted by atomic mass is 16.5. The number of hydrogen-bond acceptors (Lipinski definition) is 5. The molecule has 3 aromatic heterocycles. The average Bonchev–Trinajstić information content (AvgIpc) is 2.75. The van der Waals surface area contributed by atoms with Crippen LogP contribution < -0.4 is 4.74 Å². The summed E-state index contributed by atoms with van der Waals surface area (Å²) in [5.41, 5.74) is 2.35. The number of likely N-dealkylation sites (tertiary alicyclic amines) is 1. The van der Waals surface area contributed by atoms with Gasteiger partial charge in [0.2, 0.25) is 0 Å². The number of amides is 1. The Hall–Kier alpha value is -3.28. The molecule has 1 amide bonds. The summed E-state index contributed by atoms with van der Waals surface area (Å²) < 4.78 is 5.94. The molecule has 4 heterocycles. The van der Waals surface area contributed by atoms with Crippen molar-refractivity contribution in [1.82, 2.24) is 19.9 Å². The molecule has 0 bridgehead atoms. The Bertz CT molecular complexity index is 877. The zero-order valence-corrected chi connectivity index (χ0v) is 14.9. The summed E-state index contributed by atoms with van der Waals surface area (Å²) >= 11 is 0. The molecule has 3 aromatic rings. The van der Waals surface area contributed by atoms with Crippen LogP contribution in [-0.4, -0.2) is 45.0 Å². The molecule has 0 spiro atoms. The second-order valence-electron chi connectivity index (χ2n) is 6.47. The monoisotopic (exact) mass is 360 g/mol. The van der Waals surface area contributed by atoms with Crippen molar-refractivity contribution in [2.24, 2.45) is 0 Å². The molecule has 0 aliphatic carbocycles. The van der Waals surface area contributed by atoms with E-state index in [2.05, 4.69) is 15.0 Å². The molecule has 0 aromatic carbocycles. The van der Waals surface area contributed by atoms with Crippen molar-refractivity contribution in [2.45, 2.75) is 18.9 Å². The van der Waals surface area contributed by atoms with E-state index >= 15 is 0 Å². The van der Waals surface area contributed by atoms with Gasteiger partial charge in [-0.3, -0.25) is 19.7 Å². The highest BCUT2D eigenvalue weighted by molar-refractivity contribution is 5.94. The predicted octanol–water partition coefficient (Wildman–Crippen LogP) is 3.22. The minimum absolute atomic E-state index is 0.0139. The van der Waals surface area contributed by atoms with Crippen molar-refractivity contribution >= 4 is 5.91 Å². The van der Waals surface area contributed by atoms with E-state index in [1.54, 1.807) is 31.0 Å². The molecule has 0 atom stereocenters. The van der Waals surface area contributed by atoms with Gasteiger partial charge in [-0.1, -0.05) is 0 Å². The molecular formula is C21H20N4O2. The maximum atomic E-state index is 12.7. The van der Waals surface area contributed by atoms with E-state index in [1.165, 1.54) is 0 Å². The van der Waals surface area contributed by atoms with Crippen molar-refractivity contribution in [3.05, 3.63) is 72.9 Å². The second-order valence-corrected chi connectivity index (χ2v) is 6.47. The largest absolute Gasteiger partial charge is 0.489 e. The van der Waals surface area contributed by atoms with Crippen LogP contribution in [0.1, 0.15) is 23.2 Å². The number of ether oxygens (including phenoxy) is 1. The number of pyridine rings is 3. The summed E-state index contributed by atoms with van der Waals surface area (Å²) in [7, 11) is 0. The molecular weight excluding hydrogens is 340 g/mol. The van der Waals surface area contributed by atoms with Crippen LogP contribution >= 0.6 is 0 Å². The first-order valence-electron chi connectivity index (χ1n) is 9.02. The topological polar surface area (TPSA) is 68.2 Å². The lowest BCUT2D eigenvalue weighted by molar-refractivity contribution is 0.0594. The highest BCUT2D eigenvalue weighted by Crippen LogP contribution is 2.20. The van der Waals surface area contributed by atoms with Gasteiger partial charge in [-0.25, -0.2) is 0 Å². The first-order chi connectivity index (χ1) is 13.3. The van der Waals surface area contributed by atoms with E-state index in [1.807, 2.05) is 41.3 Å². The van der Waals surface area contributed by atoms with Gasteiger partial charge in [-0.15, -0.1) is 0 Å². The second kappa shape index (κ2) is 7.95. The highest BCUT2D eigenvalue weighted by Gasteiger charge is 2.25. The Morgan fingerprint density at radius 3 is 2.37 bits per heavy atom. The molecule has 1 fully saturated rings. The maximum absolute atomic E-state index is 12.7. The van der Waals surface area contributed by atoms with Crippen LogP contribution in [0.3, 0.4) is 0 Å². The number of piperidine rings is 1. The minimum Gasteiger partial charge on any atom is -0.489 e. The van der Waals surface area contributed by atoms with Gasteiger partial charge in [-0.2, -0.15) is 0 Å². The molecule has 1 saturated heterocycles. The van der Waals surface area contributed by atoms with E-state index < -0.39 is 0 Å². The van der Waals surface area contributed by atoms with E-state index in [0.717, 1.165) is 29.8 Å². The van der Waals surface area contributed by atoms with Crippen LogP contribution in [0.15, 0.2) is 67.4 Å². The van der Waals surface area contributed by atoms with Gasteiger partial charge in [0, 0.05) is 56.3 Å². The van der Waals surface area contributed by atoms with Gasteiger partial charge in [-0.05, 0) is 36.4 Å². The van der Waals surface area contributed by atoms with Gasteiger partial charge in [0.25, 0.3) is 5.91 Å². The molecule has 4 rings (SSSR count). The summed E-state index contributed by atoms with van der Waals surface area (Å²) in [6.07, 6.45) is 10.3. The van der Waals surface area contributed by atoms with Gasteiger partial charge < -0.3 is 9.64 Å². The van der Waals surface area contributed by atoms with E-state index in [0.29, 0.717) is 18.7 Å². The predicted molar refractivity (Wildman–Crippen MR) is 101 cm³/mol. The molecule has 0 N–H and O–H groups in total. The summed E-state index contributed by atoms with van der Waals surface area (Å²) in [5.74, 6) is 0.789. The van der Waals surface area contributed by atoms with Crippen LogP contribution in [0, 0.1) is 0 Å². The van der Waals surface area contributed by atoms with Crippen molar-refractivity contribution in [3.63, 3.8) is 0 Å². The fourth-order valence-corrected chi connectivity index (χ4v) is 3.17. The van der Waals surface area contributed by atoms with Gasteiger partial charge in [0.05, 0.1) is 17.5 Å². The van der Waals surface area contributed by atoms with Crippen molar-refractivity contribution in [2.75, 3.05) is 13.1 Å². The third-order valence-corrected chi connectivity index (χ3v) is 4.63. The number of carbonyl (C=O) groups excluding carboxylic acids is 1. The van der Waals surface area contributed by atoms with Gasteiger partial charge in [0.1, 0.15) is 11.9 Å². The van der Waals surface area contributed by atoms with Crippen LogP contribution in [0.4, 0.5) is 0 Å². The molecule has 136 valence electrons. The standard InChI is InChI=1S/C21H20N4O2/c26-21(17-5-6-20(24-14-17)16-3-1-9-22-13-16)25-11-7-18(8-12-25)27-19-4-2-10-23-15-19/h1-6,9-10,13-15,18H,7-8,11-12H2. The zero-order chi connectivity index (χ0) is 18.5. The van der Waals surface area contributed by atoms with Crippen molar-refractivity contribution < 1.29 is 9.53 Å². The third-order valence-electron chi connectivity index (χ3n) is 4.63. The molecule has 27 heavy (non-hydrogen) atoms. The lowest BCUT2D eigenvalue weighted by atomic mass is 10.1. The Morgan fingerprint density at radius 1 is 0.963 bits per heavy atom. The fourth-order valence-electron chi connectivity index (χ4n) is 3.17. The number of hydrogen-bond donors (Lipinski definition) is 0. The zero-order valence-electron chi connectivity index (χ0n) is 14.9. The lowest BCUT2D eigenvalue weighted by Gasteiger charge is -2.32. The lowest BCUT2D eigenvalue weighted by Crippen LogP contribution is -2.41.